The summed E-state index contributed by atoms with van der Waals surface area (Å²) in [5.74, 6) is 0.823. The molecule has 0 spiro atoms. The van der Waals surface area contributed by atoms with Gasteiger partial charge in [-0.05, 0) is 56.4 Å². The minimum atomic E-state index is -0.206. The number of hydrogen-bond acceptors (Lipinski definition) is 4. The van der Waals surface area contributed by atoms with Gasteiger partial charge in [0, 0.05) is 30.2 Å². The fourth-order valence-electron chi connectivity index (χ4n) is 4.43. The zero-order chi connectivity index (χ0) is 21.1. The van der Waals surface area contributed by atoms with Crippen molar-refractivity contribution in [1.82, 2.24) is 15.1 Å². The average molecular weight is 429 g/mol. The van der Waals surface area contributed by atoms with Crippen LogP contribution in [0.5, 0.6) is 0 Å². The van der Waals surface area contributed by atoms with Gasteiger partial charge in [0.1, 0.15) is 5.82 Å². The highest BCUT2D eigenvalue weighted by atomic mass is 35.5. The molecule has 7 heteroatoms. The molecule has 1 aliphatic heterocycles. The smallest absolute Gasteiger partial charge is 0.271 e. The van der Waals surface area contributed by atoms with Gasteiger partial charge in [0.25, 0.3) is 5.56 Å². The Morgan fingerprint density at radius 1 is 1.10 bits per heavy atom. The Labute approximate surface area is 182 Å². The SMILES string of the molecule is Cc1ccc(-n2nc(N3CCCC(C(=O)NC4CCCCC4)C3)ccc2=O)cc1Cl. The first kappa shape index (κ1) is 20.9. The third-order valence-electron chi connectivity index (χ3n) is 6.25. The van der Waals surface area contributed by atoms with Crippen molar-refractivity contribution in [3.8, 4) is 5.69 Å². The summed E-state index contributed by atoms with van der Waals surface area (Å²) in [6.07, 6.45) is 7.69. The molecule has 1 saturated heterocycles. The van der Waals surface area contributed by atoms with Crippen molar-refractivity contribution in [1.29, 1.82) is 0 Å². The fraction of sp³-hybridized carbons (Fsp3) is 0.522. The number of benzene rings is 1. The first-order valence-corrected chi connectivity index (χ1v) is 11.3. The quantitative estimate of drug-likeness (QED) is 0.802. The molecule has 2 aromatic rings. The monoisotopic (exact) mass is 428 g/mol. The van der Waals surface area contributed by atoms with E-state index < -0.39 is 0 Å². The lowest BCUT2D eigenvalue weighted by Crippen LogP contribution is -2.46. The summed E-state index contributed by atoms with van der Waals surface area (Å²) in [6, 6.07) is 9.08. The molecule has 1 atom stereocenters. The zero-order valence-electron chi connectivity index (χ0n) is 17.4. The van der Waals surface area contributed by atoms with Crippen LogP contribution in [0.3, 0.4) is 0 Å². The maximum Gasteiger partial charge on any atom is 0.271 e. The van der Waals surface area contributed by atoms with E-state index in [1.165, 1.54) is 30.0 Å². The minimum absolute atomic E-state index is 0.0447. The van der Waals surface area contributed by atoms with E-state index in [2.05, 4.69) is 15.3 Å². The van der Waals surface area contributed by atoms with E-state index >= 15 is 0 Å². The number of carbonyl (C=O) groups excluding carboxylic acids is 1. The molecule has 30 heavy (non-hydrogen) atoms. The van der Waals surface area contributed by atoms with Crippen LogP contribution in [0, 0.1) is 12.8 Å². The van der Waals surface area contributed by atoms with Crippen molar-refractivity contribution in [3.63, 3.8) is 0 Å². The van der Waals surface area contributed by atoms with Crippen molar-refractivity contribution >= 4 is 23.3 Å². The standard InChI is InChI=1S/C23H29ClN4O2/c1-16-9-10-19(14-20(16)24)28-22(29)12-11-21(26-28)27-13-5-6-17(15-27)23(30)25-18-7-3-2-4-8-18/h9-12,14,17-18H,2-8,13,15H2,1H3,(H,25,30). The Hall–Kier alpha value is -2.34. The number of aryl methyl sites for hydroxylation is 1. The summed E-state index contributed by atoms with van der Waals surface area (Å²) in [6.45, 7) is 3.37. The van der Waals surface area contributed by atoms with Gasteiger partial charge >= 0.3 is 0 Å². The number of aromatic nitrogens is 2. The van der Waals surface area contributed by atoms with Gasteiger partial charge in [0.15, 0.2) is 0 Å². The van der Waals surface area contributed by atoms with Gasteiger partial charge in [-0.25, -0.2) is 0 Å². The van der Waals surface area contributed by atoms with Crippen LogP contribution in [0.15, 0.2) is 35.1 Å². The summed E-state index contributed by atoms with van der Waals surface area (Å²) in [7, 11) is 0. The topological polar surface area (TPSA) is 67.2 Å². The summed E-state index contributed by atoms with van der Waals surface area (Å²) in [4.78, 5) is 27.4. The molecule has 1 aromatic carbocycles. The lowest BCUT2D eigenvalue weighted by molar-refractivity contribution is -0.126. The Bertz CT molecular complexity index is 968. The van der Waals surface area contributed by atoms with Gasteiger partial charge in [-0.15, -0.1) is 5.10 Å². The first-order chi connectivity index (χ1) is 14.5. The molecule has 2 fully saturated rings. The van der Waals surface area contributed by atoms with E-state index in [4.69, 9.17) is 11.6 Å². The number of hydrogen-bond donors (Lipinski definition) is 1. The molecule has 2 heterocycles. The molecule has 1 N–H and O–H groups in total. The average Bonchev–Trinajstić information content (AvgIpc) is 2.77. The van der Waals surface area contributed by atoms with Crippen LogP contribution in [-0.4, -0.2) is 34.8 Å². The number of nitrogens with zero attached hydrogens (tertiary/aromatic N) is 3. The maximum absolute atomic E-state index is 12.8. The molecule has 4 rings (SSSR count). The molecular formula is C23H29ClN4O2. The second-order valence-corrected chi connectivity index (χ2v) is 8.91. The molecule has 1 unspecified atom stereocenters. The third-order valence-corrected chi connectivity index (χ3v) is 6.66. The first-order valence-electron chi connectivity index (χ1n) is 10.9. The number of piperidine rings is 1. The lowest BCUT2D eigenvalue weighted by atomic mass is 9.93. The molecule has 1 aromatic heterocycles. The molecule has 1 aliphatic carbocycles. The highest BCUT2D eigenvalue weighted by molar-refractivity contribution is 6.31. The number of halogens is 1. The third kappa shape index (κ3) is 4.69. The van der Waals surface area contributed by atoms with E-state index in [0.717, 1.165) is 37.8 Å². The highest BCUT2D eigenvalue weighted by Crippen LogP contribution is 2.24. The molecule has 6 nitrogen and oxygen atoms in total. The van der Waals surface area contributed by atoms with E-state index in [0.29, 0.717) is 29.1 Å². The summed E-state index contributed by atoms with van der Waals surface area (Å²) >= 11 is 6.24. The highest BCUT2D eigenvalue weighted by Gasteiger charge is 2.28. The van der Waals surface area contributed by atoms with Gasteiger partial charge in [0.2, 0.25) is 5.91 Å². The van der Waals surface area contributed by atoms with Crippen LogP contribution in [0.25, 0.3) is 5.69 Å². The Kier molecular flexibility index (Phi) is 6.42. The van der Waals surface area contributed by atoms with Crippen molar-refractivity contribution < 1.29 is 4.79 Å². The van der Waals surface area contributed by atoms with E-state index in [-0.39, 0.29) is 17.4 Å². The molecule has 160 valence electrons. The summed E-state index contributed by atoms with van der Waals surface area (Å²) in [5.41, 5.74) is 1.38. The van der Waals surface area contributed by atoms with Crippen LogP contribution in [0.4, 0.5) is 5.82 Å². The number of carbonyl (C=O) groups is 1. The second kappa shape index (κ2) is 9.21. The number of nitrogens with one attached hydrogen (secondary N) is 1. The number of amides is 1. The van der Waals surface area contributed by atoms with Crippen molar-refractivity contribution in [2.75, 3.05) is 18.0 Å². The van der Waals surface area contributed by atoms with Gasteiger partial charge in [-0.1, -0.05) is 36.9 Å². The van der Waals surface area contributed by atoms with Crippen molar-refractivity contribution in [3.05, 3.63) is 51.3 Å². The maximum atomic E-state index is 12.8. The van der Waals surface area contributed by atoms with Crippen LogP contribution >= 0.6 is 11.6 Å². The number of rotatable bonds is 4. The molecule has 0 bridgehead atoms. The predicted octanol–water partition coefficient (Wildman–Crippen LogP) is 3.86. The summed E-state index contributed by atoms with van der Waals surface area (Å²) in [5, 5.41) is 8.45. The molecule has 1 amide bonds. The van der Waals surface area contributed by atoms with Gasteiger partial charge in [-0.2, -0.15) is 4.68 Å². The normalized spacial score (nSPS) is 20.2. The Balaban J connectivity index is 1.50. The van der Waals surface area contributed by atoms with Gasteiger partial charge in [-0.3, -0.25) is 9.59 Å². The molecule has 2 aliphatic rings. The second-order valence-electron chi connectivity index (χ2n) is 8.50. The van der Waals surface area contributed by atoms with Crippen LogP contribution in [-0.2, 0) is 4.79 Å². The fourth-order valence-corrected chi connectivity index (χ4v) is 4.61. The Morgan fingerprint density at radius 3 is 2.67 bits per heavy atom. The largest absolute Gasteiger partial charge is 0.354 e. The summed E-state index contributed by atoms with van der Waals surface area (Å²) < 4.78 is 1.38. The Morgan fingerprint density at radius 2 is 1.90 bits per heavy atom. The van der Waals surface area contributed by atoms with Crippen LogP contribution in [0.1, 0.15) is 50.5 Å². The van der Waals surface area contributed by atoms with Gasteiger partial charge < -0.3 is 10.2 Å². The lowest BCUT2D eigenvalue weighted by Gasteiger charge is -2.34. The van der Waals surface area contributed by atoms with Gasteiger partial charge in [0.05, 0.1) is 11.6 Å². The van der Waals surface area contributed by atoms with Crippen molar-refractivity contribution in [2.45, 2.75) is 57.9 Å². The van der Waals surface area contributed by atoms with E-state index in [9.17, 15) is 9.59 Å². The van der Waals surface area contributed by atoms with Crippen molar-refractivity contribution in [2.24, 2.45) is 5.92 Å². The molecule has 0 radical (unpaired) electrons. The molecular weight excluding hydrogens is 400 g/mol. The predicted molar refractivity (Wildman–Crippen MR) is 120 cm³/mol. The number of anilines is 1. The van der Waals surface area contributed by atoms with E-state index in [1.807, 2.05) is 19.1 Å². The van der Waals surface area contributed by atoms with Crippen LogP contribution in [0.2, 0.25) is 5.02 Å². The van der Waals surface area contributed by atoms with E-state index in [1.54, 1.807) is 12.1 Å². The molecule has 1 saturated carbocycles. The zero-order valence-corrected chi connectivity index (χ0v) is 18.2. The van der Waals surface area contributed by atoms with Crippen LogP contribution < -0.4 is 15.8 Å². The minimum Gasteiger partial charge on any atom is -0.354 e.